The first-order chi connectivity index (χ1) is 10.5. The number of amides is 1. The Hall–Kier alpha value is -2.10. The molecule has 0 fully saturated rings. The molecule has 2 rings (SSSR count). The van der Waals surface area contributed by atoms with Gasteiger partial charge in [0.2, 0.25) is 11.8 Å². The number of oxazole rings is 1. The molecule has 0 spiro atoms. The number of anilines is 1. The maximum absolute atomic E-state index is 12.1. The molecule has 1 amide bonds. The van der Waals surface area contributed by atoms with Crippen LogP contribution in [0.15, 0.2) is 34.9 Å². The first-order valence-corrected chi connectivity index (χ1v) is 7.92. The molecule has 118 valence electrons. The average Bonchev–Trinajstić information content (AvgIpc) is 2.99. The van der Waals surface area contributed by atoms with Crippen LogP contribution in [0.4, 0.5) is 5.69 Å². The molecule has 1 aromatic carbocycles. The van der Waals surface area contributed by atoms with Crippen molar-refractivity contribution in [2.24, 2.45) is 5.92 Å². The second-order valence-corrected chi connectivity index (χ2v) is 5.80. The number of nitrogens with zero attached hydrogens (tertiary/aromatic N) is 1. The summed E-state index contributed by atoms with van der Waals surface area (Å²) in [6, 6.07) is 7.60. The van der Waals surface area contributed by atoms with Gasteiger partial charge in [0.25, 0.3) is 0 Å². The normalized spacial score (nSPS) is 11.2. The van der Waals surface area contributed by atoms with Gasteiger partial charge in [0.05, 0.1) is 6.20 Å². The fourth-order valence-corrected chi connectivity index (χ4v) is 2.29. The van der Waals surface area contributed by atoms with Crippen LogP contribution in [0.3, 0.4) is 0 Å². The van der Waals surface area contributed by atoms with Gasteiger partial charge in [0, 0.05) is 23.1 Å². The van der Waals surface area contributed by atoms with Crippen LogP contribution in [0.1, 0.15) is 52.2 Å². The van der Waals surface area contributed by atoms with E-state index >= 15 is 0 Å². The molecule has 1 N–H and O–H groups in total. The van der Waals surface area contributed by atoms with Gasteiger partial charge in [-0.2, -0.15) is 0 Å². The minimum atomic E-state index is 0.0695. The summed E-state index contributed by atoms with van der Waals surface area (Å²) in [5, 5.41) is 2.96. The van der Waals surface area contributed by atoms with Gasteiger partial charge in [-0.05, 0) is 37.1 Å². The van der Waals surface area contributed by atoms with Crippen LogP contribution < -0.4 is 5.32 Å². The molecule has 0 saturated heterocycles. The second-order valence-electron chi connectivity index (χ2n) is 5.80. The summed E-state index contributed by atoms with van der Waals surface area (Å²) < 4.78 is 5.73. The van der Waals surface area contributed by atoms with Gasteiger partial charge in [0.1, 0.15) is 5.76 Å². The zero-order chi connectivity index (χ0) is 16.1. The summed E-state index contributed by atoms with van der Waals surface area (Å²) in [4.78, 5) is 16.4. The van der Waals surface area contributed by atoms with Crippen molar-refractivity contribution in [3.63, 3.8) is 0 Å². The molecular formula is C18H24N2O2. The molecule has 0 aliphatic heterocycles. The fourth-order valence-electron chi connectivity index (χ4n) is 2.29. The topological polar surface area (TPSA) is 55.1 Å². The van der Waals surface area contributed by atoms with Crippen LogP contribution in [0, 0.1) is 5.92 Å². The molecule has 22 heavy (non-hydrogen) atoms. The van der Waals surface area contributed by atoms with E-state index in [1.807, 2.05) is 38.1 Å². The highest BCUT2D eigenvalue weighted by Gasteiger charge is 2.14. The zero-order valence-electron chi connectivity index (χ0n) is 13.7. The smallest absolute Gasteiger partial charge is 0.227 e. The summed E-state index contributed by atoms with van der Waals surface area (Å²) in [6.07, 6.45) is 3.48. The molecule has 1 aromatic heterocycles. The van der Waals surface area contributed by atoms with Crippen LogP contribution in [-0.2, 0) is 4.79 Å². The number of benzene rings is 1. The van der Waals surface area contributed by atoms with E-state index < -0.39 is 0 Å². The Morgan fingerprint density at radius 1 is 1.18 bits per heavy atom. The van der Waals surface area contributed by atoms with Gasteiger partial charge < -0.3 is 9.73 Å². The molecular weight excluding hydrogens is 276 g/mol. The highest BCUT2D eigenvalue weighted by Crippen LogP contribution is 2.24. The minimum Gasteiger partial charge on any atom is -0.441 e. The summed E-state index contributed by atoms with van der Waals surface area (Å²) >= 11 is 0. The van der Waals surface area contributed by atoms with Crippen molar-refractivity contribution < 1.29 is 9.21 Å². The van der Waals surface area contributed by atoms with E-state index in [1.165, 1.54) is 0 Å². The molecule has 0 bridgehead atoms. The molecule has 0 atom stereocenters. The van der Waals surface area contributed by atoms with E-state index in [9.17, 15) is 4.79 Å². The molecule has 0 aliphatic rings. The molecule has 0 aliphatic carbocycles. The molecule has 4 heteroatoms. The Balaban J connectivity index is 2.08. The van der Waals surface area contributed by atoms with E-state index in [-0.39, 0.29) is 11.8 Å². The maximum atomic E-state index is 12.1. The molecule has 1 heterocycles. The van der Waals surface area contributed by atoms with Crippen LogP contribution in [0.25, 0.3) is 11.5 Å². The minimum absolute atomic E-state index is 0.0695. The highest BCUT2D eigenvalue weighted by molar-refractivity contribution is 5.92. The highest BCUT2D eigenvalue weighted by atomic mass is 16.4. The van der Waals surface area contributed by atoms with E-state index in [4.69, 9.17) is 4.42 Å². The monoisotopic (exact) mass is 300 g/mol. The average molecular weight is 300 g/mol. The van der Waals surface area contributed by atoms with Crippen LogP contribution >= 0.6 is 0 Å². The molecule has 2 aromatic rings. The van der Waals surface area contributed by atoms with Crippen molar-refractivity contribution in [2.45, 2.75) is 46.5 Å². The van der Waals surface area contributed by atoms with Gasteiger partial charge in [-0.25, -0.2) is 4.98 Å². The van der Waals surface area contributed by atoms with Crippen LogP contribution in [-0.4, -0.2) is 10.9 Å². The van der Waals surface area contributed by atoms with Crippen molar-refractivity contribution >= 4 is 11.6 Å². The number of hydrogen-bond donors (Lipinski definition) is 1. The number of carbonyl (C=O) groups excluding carboxylic acids is 1. The predicted molar refractivity (Wildman–Crippen MR) is 88.7 cm³/mol. The second kappa shape index (κ2) is 7.25. The molecule has 4 nitrogen and oxygen atoms in total. The molecule has 0 unspecified atom stereocenters. The lowest BCUT2D eigenvalue weighted by Gasteiger charge is -2.12. The number of carbonyl (C=O) groups is 1. The van der Waals surface area contributed by atoms with Crippen molar-refractivity contribution in [2.75, 3.05) is 5.32 Å². The first-order valence-electron chi connectivity index (χ1n) is 7.92. The van der Waals surface area contributed by atoms with Gasteiger partial charge in [-0.1, -0.05) is 27.7 Å². The van der Waals surface area contributed by atoms with Crippen LogP contribution in [0.2, 0.25) is 0 Å². The van der Waals surface area contributed by atoms with Crippen molar-refractivity contribution in [3.8, 4) is 11.5 Å². The third kappa shape index (κ3) is 3.75. The quantitative estimate of drug-likeness (QED) is 0.830. The Morgan fingerprint density at radius 2 is 1.82 bits per heavy atom. The molecule has 0 radical (unpaired) electrons. The standard InChI is InChI=1S/C18H24N2O2/c1-5-13(6-2)17(21)20-15-9-7-14(8-10-15)18-19-11-16(22-18)12(3)4/h7-13H,5-6H2,1-4H3,(H,20,21). The Labute approximate surface area is 131 Å². The SMILES string of the molecule is CCC(CC)C(=O)Nc1ccc(-c2ncc(C(C)C)o2)cc1. The van der Waals surface area contributed by atoms with Gasteiger partial charge in [-0.15, -0.1) is 0 Å². The summed E-state index contributed by atoms with van der Waals surface area (Å²) in [6.45, 7) is 8.21. The lowest BCUT2D eigenvalue weighted by molar-refractivity contribution is -0.120. The van der Waals surface area contributed by atoms with Crippen LogP contribution in [0.5, 0.6) is 0 Å². The van der Waals surface area contributed by atoms with Crippen molar-refractivity contribution in [3.05, 3.63) is 36.2 Å². The summed E-state index contributed by atoms with van der Waals surface area (Å²) in [7, 11) is 0. The van der Waals surface area contributed by atoms with E-state index in [0.717, 1.165) is 29.9 Å². The number of rotatable bonds is 6. The lowest BCUT2D eigenvalue weighted by Crippen LogP contribution is -2.21. The van der Waals surface area contributed by atoms with Crippen molar-refractivity contribution in [1.29, 1.82) is 0 Å². The van der Waals surface area contributed by atoms with E-state index in [1.54, 1.807) is 6.20 Å². The molecule has 0 saturated carbocycles. The Kier molecular flexibility index (Phi) is 5.36. The Morgan fingerprint density at radius 3 is 2.32 bits per heavy atom. The summed E-state index contributed by atoms with van der Waals surface area (Å²) in [5.74, 6) is 1.96. The van der Waals surface area contributed by atoms with E-state index in [2.05, 4.69) is 24.1 Å². The van der Waals surface area contributed by atoms with Gasteiger partial charge in [-0.3, -0.25) is 4.79 Å². The van der Waals surface area contributed by atoms with Gasteiger partial charge in [0.15, 0.2) is 0 Å². The number of aromatic nitrogens is 1. The van der Waals surface area contributed by atoms with E-state index in [0.29, 0.717) is 11.8 Å². The third-order valence-electron chi connectivity index (χ3n) is 3.85. The zero-order valence-corrected chi connectivity index (χ0v) is 13.7. The lowest BCUT2D eigenvalue weighted by atomic mass is 10.0. The third-order valence-corrected chi connectivity index (χ3v) is 3.85. The number of hydrogen-bond acceptors (Lipinski definition) is 3. The maximum Gasteiger partial charge on any atom is 0.227 e. The fraction of sp³-hybridized carbons (Fsp3) is 0.444. The van der Waals surface area contributed by atoms with Crippen molar-refractivity contribution in [1.82, 2.24) is 4.98 Å². The first kappa shape index (κ1) is 16.3. The van der Waals surface area contributed by atoms with Gasteiger partial charge >= 0.3 is 0 Å². The number of nitrogens with one attached hydrogen (secondary N) is 1. The Bertz CT molecular complexity index is 610. The predicted octanol–water partition coefficient (Wildman–Crippen LogP) is 4.84. The largest absolute Gasteiger partial charge is 0.441 e. The summed E-state index contributed by atoms with van der Waals surface area (Å²) in [5.41, 5.74) is 1.71.